The number of nitrogens with zero attached hydrogens (tertiary/aromatic N) is 2. The van der Waals surface area contributed by atoms with Crippen LogP contribution in [-0.4, -0.2) is 9.55 Å². The van der Waals surface area contributed by atoms with Gasteiger partial charge >= 0.3 is 0 Å². The van der Waals surface area contributed by atoms with Crippen molar-refractivity contribution in [2.75, 3.05) is 5.73 Å². The van der Waals surface area contributed by atoms with Gasteiger partial charge in [-0.1, -0.05) is 36.8 Å². The molecule has 1 heterocycles. The SMILES string of the molecule is CCc1nc2cc(N)ccc2n1C(C)c1ccc(C)cc1. The van der Waals surface area contributed by atoms with Crippen LogP contribution < -0.4 is 5.73 Å². The first-order chi connectivity index (χ1) is 10.1. The van der Waals surface area contributed by atoms with Crippen molar-refractivity contribution in [3.05, 3.63) is 59.4 Å². The maximum atomic E-state index is 5.88. The Morgan fingerprint density at radius 3 is 2.52 bits per heavy atom. The van der Waals surface area contributed by atoms with Gasteiger partial charge in [0.05, 0.1) is 17.1 Å². The summed E-state index contributed by atoms with van der Waals surface area (Å²) in [6.07, 6.45) is 0.908. The first-order valence-corrected chi connectivity index (χ1v) is 7.43. The number of hydrogen-bond acceptors (Lipinski definition) is 2. The van der Waals surface area contributed by atoms with Gasteiger partial charge in [-0.3, -0.25) is 0 Å². The van der Waals surface area contributed by atoms with Crippen LogP contribution in [0.4, 0.5) is 5.69 Å². The molecule has 3 aromatic rings. The molecule has 0 amide bonds. The summed E-state index contributed by atoms with van der Waals surface area (Å²) >= 11 is 0. The van der Waals surface area contributed by atoms with Gasteiger partial charge in [0.2, 0.25) is 0 Å². The van der Waals surface area contributed by atoms with Crippen molar-refractivity contribution in [3.8, 4) is 0 Å². The molecule has 0 aliphatic carbocycles. The molecule has 0 aliphatic heterocycles. The predicted octanol–water partition coefficient (Wildman–Crippen LogP) is 4.10. The number of aryl methyl sites for hydroxylation is 2. The maximum absolute atomic E-state index is 5.88. The summed E-state index contributed by atoms with van der Waals surface area (Å²) in [5.41, 5.74) is 11.3. The van der Waals surface area contributed by atoms with E-state index in [1.165, 1.54) is 11.1 Å². The average Bonchev–Trinajstić information content (AvgIpc) is 2.84. The van der Waals surface area contributed by atoms with E-state index in [1.54, 1.807) is 0 Å². The van der Waals surface area contributed by atoms with Gasteiger partial charge in [-0.15, -0.1) is 0 Å². The van der Waals surface area contributed by atoms with Crippen molar-refractivity contribution in [2.45, 2.75) is 33.2 Å². The summed E-state index contributed by atoms with van der Waals surface area (Å²) in [5, 5.41) is 0. The highest BCUT2D eigenvalue weighted by Crippen LogP contribution is 2.27. The minimum absolute atomic E-state index is 0.258. The highest BCUT2D eigenvalue weighted by molar-refractivity contribution is 5.80. The number of anilines is 1. The van der Waals surface area contributed by atoms with Crippen LogP contribution >= 0.6 is 0 Å². The van der Waals surface area contributed by atoms with Crippen LogP contribution in [-0.2, 0) is 6.42 Å². The summed E-state index contributed by atoms with van der Waals surface area (Å²) < 4.78 is 2.32. The molecule has 1 unspecified atom stereocenters. The summed E-state index contributed by atoms with van der Waals surface area (Å²) in [6, 6.07) is 14.9. The summed E-state index contributed by atoms with van der Waals surface area (Å²) in [4.78, 5) is 4.74. The fraction of sp³-hybridized carbons (Fsp3) is 0.278. The smallest absolute Gasteiger partial charge is 0.110 e. The lowest BCUT2D eigenvalue weighted by atomic mass is 10.1. The highest BCUT2D eigenvalue weighted by Gasteiger charge is 2.16. The van der Waals surface area contributed by atoms with Gasteiger partial charge in [-0.05, 0) is 37.6 Å². The lowest BCUT2D eigenvalue weighted by Crippen LogP contribution is -2.10. The fourth-order valence-electron chi connectivity index (χ4n) is 2.84. The second-order valence-corrected chi connectivity index (χ2v) is 5.59. The summed E-state index contributed by atoms with van der Waals surface area (Å²) in [5.74, 6) is 1.10. The van der Waals surface area contributed by atoms with Gasteiger partial charge in [0.25, 0.3) is 0 Å². The molecule has 3 heteroatoms. The molecule has 1 aromatic heterocycles. The number of hydrogen-bond donors (Lipinski definition) is 1. The third-order valence-corrected chi connectivity index (χ3v) is 4.05. The molecular formula is C18H21N3. The molecule has 0 radical (unpaired) electrons. The molecule has 0 saturated heterocycles. The molecule has 21 heavy (non-hydrogen) atoms. The third-order valence-electron chi connectivity index (χ3n) is 4.05. The molecule has 0 saturated carbocycles. The molecule has 0 bridgehead atoms. The maximum Gasteiger partial charge on any atom is 0.110 e. The van der Waals surface area contributed by atoms with Crippen molar-refractivity contribution < 1.29 is 0 Å². The van der Waals surface area contributed by atoms with Crippen LogP contribution in [0.15, 0.2) is 42.5 Å². The predicted molar refractivity (Wildman–Crippen MR) is 88.5 cm³/mol. The Bertz CT molecular complexity index is 769. The van der Waals surface area contributed by atoms with Crippen molar-refractivity contribution in [1.82, 2.24) is 9.55 Å². The van der Waals surface area contributed by atoms with Crippen LogP contribution in [0.25, 0.3) is 11.0 Å². The van der Waals surface area contributed by atoms with Crippen molar-refractivity contribution in [2.24, 2.45) is 0 Å². The van der Waals surface area contributed by atoms with Gasteiger partial charge in [0.1, 0.15) is 5.82 Å². The number of aromatic nitrogens is 2. The van der Waals surface area contributed by atoms with Gasteiger partial charge < -0.3 is 10.3 Å². The van der Waals surface area contributed by atoms with E-state index in [9.17, 15) is 0 Å². The summed E-state index contributed by atoms with van der Waals surface area (Å²) in [6.45, 7) is 6.48. The zero-order valence-electron chi connectivity index (χ0n) is 12.8. The highest BCUT2D eigenvalue weighted by atomic mass is 15.1. The zero-order chi connectivity index (χ0) is 15.0. The minimum atomic E-state index is 0.258. The van der Waals surface area contributed by atoms with E-state index in [4.69, 9.17) is 10.7 Å². The Labute approximate surface area is 125 Å². The number of fused-ring (bicyclic) bond motifs is 1. The van der Waals surface area contributed by atoms with E-state index in [-0.39, 0.29) is 6.04 Å². The van der Waals surface area contributed by atoms with E-state index in [1.807, 2.05) is 12.1 Å². The normalized spacial score (nSPS) is 12.7. The number of rotatable bonds is 3. The molecule has 0 fully saturated rings. The molecular weight excluding hydrogens is 258 g/mol. The number of nitrogens with two attached hydrogens (primary N) is 1. The van der Waals surface area contributed by atoms with E-state index in [2.05, 4.69) is 55.7 Å². The van der Waals surface area contributed by atoms with Crippen molar-refractivity contribution >= 4 is 16.7 Å². The monoisotopic (exact) mass is 279 g/mol. The van der Waals surface area contributed by atoms with Gasteiger partial charge in [0, 0.05) is 12.1 Å². The zero-order valence-corrected chi connectivity index (χ0v) is 12.8. The van der Waals surface area contributed by atoms with Gasteiger partial charge in [-0.2, -0.15) is 0 Å². The van der Waals surface area contributed by atoms with Crippen molar-refractivity contribution in [3.63, 3.8) is 0 Å². The van der Waals surface area contributed by atoms with Gasteiger partial charge in [-0.25, -0.2) is 4.98 Å². The van der Waals surface area contributed by atoms with E-state index >= 15 is 0 Å². The van der Waals surface area contributed by atoms with Crippen LogP contribution in [0.5, 0.6) is 0 Å². The largest absolute Gasteiger partial charge is 0.399 e. The quantitative estimate of drug-likeness (QED) is 0.734. The van der Waals surface area contributed by atoms with E-state index in [0.717, 1.165) is 29.0 Å². The standard InChI is InChI=1S/C18H21N3/c1-4-18-20-16-11-15(19)9-10-17(16)21(18)13(3)14-7-5-12(2)6-8-14/h5-11,13H,4,19H2,1-3H3. The third kappa shape index (κ3) is 2.40. The van der Waals surface area contributed by atoms with E-state index in [0.29, 0.717) is 0 Å². The van der Waals surface area contributed by atoms with Crippen LogP contribution in [0.3, 0.4) is 0 Å². The molecule has 2 N–H and O–H groups in total. The fourth-order valence-corrected chi connectivity index (χ4v) is 2.84. The Balaban J connectivity index is 2.16. The lowest BCUT2D eigenvalue weighted by Gasteiger charge is -2.18. The second kappa shape index (κ2) is 5.24. The molecule has 0 spiro atoms. The van der Waals surface area contributed by atoms with E-state index < -0.39 is 0 Å². The van der Waals surface area contributed by atoms with Crippen LogP contribution in [0.2, 0.25) is 0 Å². The molecule has 2 aromatic carbocycles. The summed E-state index contributed by atoms with van der Waals surface area (Å²) in [7, 11) is 0. The second-order valence-electron chi connectivity index (χ2n) is 5.59. The van der Waals surface area contributed by atoms with Crippen LogP contribution in [0.1, 0.15) is 36.8 Å². The first kappa shape index (κ1) is 13.7. The van der Waals surface area contributed by atoms with Crippen molar-refractivity contribution in [1.29, 1.82) is 0 Å². The molecule has 108 valence electrons. The number of nitrogen functional groups attached to an aromatic ring is 1. The van der Waals surface area contributed by atoms with Gasteiger partial charge in [0.15, 0.2) is 0 Å². The lowest BCUT2D eigenvalue weighted by molar-refractivity contribution is 0.623. The Morgan fingerprint density at radius 1 is 1.14 bits per heavy atom. The molecule has 1 atom stereocenters. The molecule has 3 nitrogen and oxygen atoms in total. The Kier molecular flexibility index (Phi) is 3.42. The molecule has 3 rings (SSSR count). The topological polar surface area (TPSA) is 43.8 Å². The molecule has 0 aliphatic rings. The first-order valence-electron chi connectivity index (χ1n) is 7.43. The minimum Gasteiger partial charge on any atom is -0.399 e. The number of imidazole rings is 1. The number of benzene rings is 2. The Hall–Kier alpha value is -2.29. The Morgan fingerprint density at radius 2 is 1.86 bits per heavy atom. The average molecular weight is 279 g/mol. The van der Waals surface area contributed by atoms with Crippen LogP contribution in [0, 0.1) is 6.92 Å².